The smallest absolute Gasteiger partial charge is 0.0705 e. The summed E-state index contributed by atoms with van der Waals surface area (Å²) in [5, 5.41) is 9.65. The third-order valence-electron chi connectivity index (χ3n) is 2.39. The molecule has 1 aromatic heterocycles. The number of nitrogens with zero attached hydrogens (tertiary/aromatic N) is 2. The minimum atomic E-state index is -0.233. The fraction of sp³-hybridized carbons (Fsp3) is 0.167. The molecule has 0 fully saturated rings. The highest BCUT2D eigenvalue weighted by molar-refractivity contribution is 5.82. The van der Waals surface area contributed by atoms with Gasteiger partial charge in [0.15, 0.2) is 0 Å². The Morgan fingerprint density at radius 3 is 3.00 bits per heavy atom. The van der Waals surface area contributed by atoms with Crippen molar-refractivity contribution in [2.24, 2.45) is 5.73 Å². The third kappa shape index (κ3) is 1.80. The van der Waals surface area contributed by atoms with Gasteiger partial charge in [-0.25, -0.2) is 0 Å². The summed E-state index contributed by atoms with van der Waals surface area (Å²) in [4.78, 5) is 4.25. The third-order valence-corrected chi connectivity index (χ3v) is 2.39. The highest BCUT2D eigenvalue weighted by Crippen LogP contribution is 2.22. The first-order valence-electron chi connectivity index (χ1n) is 4.79. The Bertz CT molecular complexity index is 508. The van der Waals surface area contributed by atoms with Crippen LogP contribution in [-0.4, -0.2) is 4.98 Å². The molecule has 3 nitrogen and oxygen atoms in total. The van der Waals surface area contributed by atoms with Gasteiger partial charge in [0.25, 0.3) is 0 Å². The van der Waals surface area contributed by atoms with Crippen LogP contribution >= 0.6 is 0 Å². The maximum absolute atomic E-state index is 8.62. The minimum absolute atomic E-state index is 0.233. The van der Waals surface area contributed by atoms with E-state index in [4.69, 9.17) is 11.0 Å². The summed E-state index contributed by atoms with van der Waals surface area (Å²) in [5.41, 5.74) is 7.83. The number of aromatic nitrogens is 1. The number of hydrogen-bond donors (Lipinski definition) is 1. The van der Waals surface area contributed by atoms with Gasteiger partial charge in [-0.05, 0) is 17.7 Å². The molecule has 2 N–H and O–H groups in total. The van der Waals surface area contributed by atoms with Crippen LogP contribution < -0.4 is 5.73 Å². The van der Waals surface area contributed by atoms with Crippen molar-refractivity contribution in [3.63, 3.8) is 0 Å². The van der Waals surface area contributed by atoms with Gasteiger partial charge >= 0.3 is 0 Å². The molecule has 1 aromatic carbocycles. The summed E-state index contributed by atoms with van der Waals surface area (Å²) in [7, 11) is 0. The van der Waals surface area contributed by atoms with Gasteiger partial charge in [-0.3, -0.25) is 4.98 Å². The van der Waals surface area contributed by atoms with Crippen LogP contribution in [0.5, 0.6) is 0 Å². The highest BCUT2D eigenvalue weighted by Gasteiger charge is 2.08. The molecule has 1 unspecified atom stereocenters. The van der Waals surface area contributed by atoms with E-state index in [0.717, 1.165) is 16.5 Å². The van der Waals surface area contributed by atoms with Crippen LogP contribution in [-0.2, 0) is 0 Å². The number of nitriles is 1. The number of nitrogens with two attached hydrogens (primary N) is 1. The molecule has 0 saturated carbocycles. The largest absolute Gasteiger partial charge is 0.323 e. The maximum atomic E-state index is 8.62. The van der Waals surface area contributed by atoms with Crippen LogP contribution in [0.15, 0.2) is 36.5 Å². The minimum Gasteiger partial charge on any atom is -0.323 e. The second-order valence-electron chi connectivity index (χ2n) is 3.39. The van der Waals surface area contributed by atoms with Crippen LogP contribution in [0.1, 0.15) is 18.0 Å². The van der Waals surface area contributed by atoms with Gasteiger partial charge in [0.1, 0.15) is 0 Å². The first-order valence-corrected chi connectivity index (χ1v) is 4.79. The SMILES string of the molecule is N#CCC(N)c1cccc2ncccc12. The maximum Gasteiger partial charge on any atom is 0.0705 e. The molecule has 0 bridgehead atoms. The predicted octanol–water partition coefficient (Wildman–Crippen LogP) is 2.15. The van der Waals surface area contributed by atoms with Gasteiger partial charge in [0.05, 0.1) is 18.0 Å². The van der Waals surface area contributed by atoms with E-state index in [1.165, 1.54) is 0 Å². The Morgan fingerprint density at radius 2 is 2.20 bits per heavy atom. The fourth-order valence-electron chi connectivity index (χ4n) is 1.66. The molecule has 0 aliphatic heterocycles. The lowest BCUT2D eigenvalue weighted by Gasteiger charge is -2.10. The summed E-state index contributed by atoms with van der Waals surface area (Å²) >= 11 is 0. The average molecular weight is 197 g/mol. The van der Waals surface area contributed by atoms with Crippen molar-refractivity contribution >= 4 is 10.9 Å². The van der Waals surface area contributed by atoms with Crippen LogP contribution in [0.25, 0.3) is 10.9 Å². The average Bonchev–Trinajstić information content (AvgIpc) is 2.28. The molecule has 0 aliphatic carbocycles. The summed E-state index contributed by atoms with van der Waals surface area (Å²) in [6, 6.07) is 11.5. The topological polar surface area (TPSA) is 62.7 Å². The summed E-state index contributed by atoms with van der Waals surface area (Å²) < 4.78 is 0. The molecule has 0 aliphatic rings. The Labute approximate surface area is 88.2 Å². The van der Waals surface area contributed by atoms with E-state index in [9.17, 15) is 0 Å². The van der Waals surface area contributed by atoms with Crippen LogP contribution in [0.2, 0.25) is 0 Å². The molecule has 0 saturated heterocycles. The molecule has 2 aromatic rings. The number of hydrogen-bond acceptors (Lipinski definition) is 3. The van der Waals surface area contributed by atoms with E-state index >= 15 is 0 Å². The number of pyridine rings is 1. The van der Waals surface area contributed by atoms with Crippen molar-refractivity contribution < 1.29 is 0 Å². The van der Waals surface area contributed by atoms with E-state index in [1.807, 2.05) is 30.3 Å². The van der Waals surface area contributed by atoms with Crippen molar-refractivity contribution in [1.82, 2.24) is 4.98 Å². The standard InChI is InChI=1S/C12H11N3/c13-7-6-11(14)9-3-1-5-12-10(9)4-2-8-15-12/h1-5,8,11H,6,14H2. The van der Waals surface area contributed by atoms with E-state index in [-0.39, 0.29) is 6.04 Å². The lowest BCUT2D eigenvalue weighted by molar-refractivity contribution is 0.755. The zero-order valence-corrected chi connectivity index (χ0v) is 8.22. The first kappa shape index (κ1) is 9.63. The van der Waals surface area contributed by atoms with Gasteiger partial charge in [-0.1, -0.05) is 18.2 Å². The predicted molar refractivity (Wildman–Crippen MR) is 58.9 cm³/mol. The van der Waals surface area contributed by atoms with Crippen molar-refractivity contribution in [2.45, 2.75) is 12.5 Å². The summed E-state index contributed by atoms with van der Waals surface area (Å²) in [6.45, 7) is 0. The van der Waals surface area contributed by atoms with E-state index < -0.39 is 0 Å². The first-order chi connectivity index (χ1) is 7.33. The van der Waals surface area contributed by atoms with Gasteiger partial charge in [-0.2, -0.15) is 5.26 Å². The Kier molecular flexibility index (Phi) is 2.61. The lowest BCUT2D eigenvalue weighted by Crippen LogP contribution is -2.09. The van der Waals surface area contributed by atoms with Gasteiger partial charge in [0.2, 0.25) is 0 Å². The molecule has 0 amide bonds. The monoisotopic (exact) mass is 197 g/mol. The lowest BCUT2D eigenvalue weighted by atomic mass is 10.0. The van der Waals surface area contributed by atoms with Crippen LogP contribution in [0, 0.1) is 11.3 Å². The Balaban J connectivity index is 2.56. The molecule has 2 rings (SSSR count). The van der Waals surface area contributed by atoms with Crippen molar-refractivity contribution in [3.8, 4) is 6.07 Å². The fourth-order valence-corrected chi connectivity index (χ4v) is 1.66. The molecule has 15 heavy (non-hydrogen) atoms. The van der Waals surface area contributed by atoms with Crippen molar-refractivity contribution in [2.75, 3.05) is 0 Å². The molecule has 1 atom stereocenters. The molecule has 3 heteroatoms. The molecule has 0 radical (unpaired) electrons. The summed E-state index contributed by atoms with van der Waals surface area (Å²) in [5.74, 6) is 0. The normalized spacial score (nSPS) is 12.3. The second kappa shape index (κ2) is 4.07. The number of fused-ring (bicyclic) bond motifs is 1. The number of rotatable bonds is 2. The van der Waals surface area contributed by atoms with Crippen LogP contribution in [0.4, 0.5) is 0 Å². The number of benzene rings is 1. The van der Waals surface area contributed by atoms with Gasteiger partial charge < -0.3 is 5.73 Å². The molecule has 0 spiro atoms. The highest BCUT2D eigenvalue weighted by atomic mass is 14.7. The Hall–Kier alpha value is -1.92. The Morgan fingerprint density at radius 1 is 1.33 bits per heavy atom. The van der Waals surface area contributed by atoms with Gasteiger partial charge in [0, 0.05) is 17.6 Å². The quantitative estimate of drug-likeness (QED) is 0.802. The zero-order valence-electron chi connectivity index (χ0n) is 8.22. The molecule has 74 valence electrons. The van der Waals surface area contributed by atoms with E-state index in [0.29, 0.717) is 6.42 Å². The van der Waals surface area contributed by atoms with E-state index in [1.54, 1.807) is 6.20 Å². The van der Waals surface area contributed by atoms with Crippen molar-refractivity contribution in [1.29, 1.82) is 5.26 Å². The molecule has 1 heterocycles. The van der Waals surface area contributed by atoms with E-state index in [2.05, 4.69) is 11.1 Å². The molecular formula is C12H11N3. The molecular weight excluding hydrogens is 186 g/mol. The van der Waals surface area contributed by atoms with Crippen molar-refractivity contribution in [3.05, 3.63) is 42.1 Å². The second-order valence-corrected chi connectivity index (χ2v) is 3.39. The summed E-state index contributed by atoms with van der Waals surface area (Å²) in [6.07, 6.45) is 2.08. The van der Waals surface area contributed by atoms with Crippen LogP contribution in [0.3, 0.4) is 0 Å². The van der Waals surface area contributed by atoms with Gasteiger partial charge in [-0.15, -0.1) is 0 Å². The zero-order chi connectivity index (χ0) is 10.7.